The van der Waals surface area contributed by atoms with E-state index in [9.17, 15) is 13.2 Å². The Bertz CT molecular complexity index is 899. The van der Waals surface area contributed by atoms with Gasteiger partial charge < -0.3 is 4.90 Å². The number of rotatable bonds is 4. The third-order valence-electron chi connectivity index (χ3n) is 3.98. The van der Waals surface area contributed by atoms with Crippen molar-refractivity contribution in [1.82, 2.24) is 0 Å². The molecule has 3 rings (SSSR count). The van der Waals surface area contributed by atoms with E-state index in [0.29, 0.717) is 18.7 Å². The van der Waals surface area contributed by atoms with E-state index in [1.165, 1.54) is 18.2 Å². The van der Waals surface area contributed by atoms with Crippen LogP contribution in [0.5, 0.6) is 0 Å². The number of nitrogens with one attached hydrogen (secondary N) is 1. The molecule has 0 radical (unpaired) electrons. The van der Waals surface area contributed by atoms with Crippen LogP contribution >= 0.6 is 23.2 Å². The minimum atomic E-state index is -3.81. The molecule has 1 aliphatic heterocycles. The van der Waals surface area contributed by atoms with Crippen LogP contribution in [0.3, 0.4) is 0 Å². The number of carbonyl (C=O) groups is 1. The summed E-state index contributed by atoms with van der Waals surface area (Å²) in [5.41, 5.74) is 0.911. The Morgan fingerprint density at radius 1 is 1.00 bits per heavy atom. The van der Waals surface area contributed by atoms with Gasteiger partial charge in [0.25, 0.3) is 10.0 Å². The molecule has 1 N–H and O–H groups in total. The second-order valence-electron chi connectivity index (χ2n) is 5.70. The summed E-state index contributed by atoms with van der Waals surface area (Å²) in [5, 5.41) is 0.407. The van der Waals surface area contributed by atoms with Gasteiger partial charge in [-0.1, -0.05) is 29.3 Å². The van der Waals surface area contributed by atoms with Crippen molar-refractivity contribution in [2.24, 2.45) is 0 Å². The predicted molar refractivity (Wildman–Crippen MR) is 99.9 cm³/mol. The molecule has 1 aliphatic rings. The predicted octanol–water partition coefficient (Wildman–Crippen LogP) is 4.31. The van der Waals surface area contributed by atoms with Gasteiger partial charge >= 0.3 is 0 Å². The highest BCUT2D eigenvalue weighted by Gasteiger charge is 2.21. The Labute approximate surface area is 156 Å². The molecule has 1 fully saturated rings. The molecule has 1 saturated heterocycles. The maximum atomic E-state index is 12.5. The number of amides is 1. The Morgan fingerprint density at radius 2 is 1.72 bits per heavy atom. The first-order valence-electron chi connectivity index (χ1n) is 7.76. The standard InChI is InChI=1S/C17H16Cl2N2O3S/c18-14-4-3-5-15(17(14)19)20-25(23,24)13-9-7-12(8-10-13)21-11-2-1-6-16(21)22/h3-5,7-10,20H,1-2,6,11H2. The molecular formula is C17H16Cl2N2O3S. The van der Waals surface area contributed by atoms with E-state index in [4.69, 9.17) is 23.2 Å². The number of nitrogens with zero attached hydrogens (tertiary/aromatic N) is 1. The zero-order chi connectivity index (χ0) is 18.0. The number of sulfonamides is 1. The van der Waals surface area contributed by atoms with E-state index in [1.807, 2.05) is 0 Å². The lowest BCUT2D eigenvalue weighted by atomic mass is 10.1. The van der Waals surface area contributed by atoms with Crippen molar-refractivity contribution in [1.29, 1.82) is 0 Å². The Morgan fingerprint density at radius 3 is 2.40 bits per heavy atom. The quantitative estimate of drug-likeness (QED) is 0.833. The van der Waals surface area contributed by atoms with E-state index < -0.39 is 10.0 Å². The molecule has 132 valence electrons. The van der Waals surface area contributed by atoms with E-state index in [0.717, 1.165) is 12.8 Å². The van der Waals surface area contributed by atoms with Crippen LogP contribution in [-0.2, 0) is 14.8 Å². The molecule has 8 heteroatoms. The third-order valence-corrected chi connectivity index (χ3v) is 6.18. The molecule has 1 heterocycles. The van der Waals surface area contributed by atoms with Gasteiger partial charge in [-0.25, -0.2) is 8.42 Å². The minimum absolute atomic E-state index is 0.0608. The smallest absolute Gasteiger partial charge is 0.261 e. The molecule has 0 atom stereocenters. The molecule has 1 amide bonds. The van der Waals surface area contributed by atoms with Gasteiger partial charge in [0.2, 0.25) is 5.91 Å². The normalized spacial score (nSPS) is 15.3. The topological polar surface area (TPSA) is 66.5 Å². The SMILES string of the molecule is O=C1CCCCN1c1ccc(S(=O)(=O)Nc2cccc(Cl)c2Cl)cc1. The summed E-state index contributed by atoms with van der Waals surface area (Å²) in [5.74, 6) is 0.0608. The number of anilines is 2. The van der Waals surface area contributed by atoms with Gasteiger partial charge in [-0.15, -0.1) is 0 Å². The van der Waals surface area contributed by atoms with Gasteiger partial charge in [0.15, 0.2) is 0 Å². The molecule has 25 heavy (non-hydrogen) atoms. The highest BCUT2D eigenvalue weighted by Crippen LogP contribution is 2.31. The first-order chi connectivity index (χ1) is 11.9. The fourth-order valence-electron chi connectivity index (χ4n) is 2.67. The molecular weight excluding hydrogens is 383 g/mol. The lowest BCUT2D eigenvalue weighted by Crippen LogP contribution is -2.35. The van der Waals surface area contributed by atoms with Crippen LogP contribution < -0.4 is 9.62 Å². The second kappa shape index (κ2) is 7.23. The largest absolute Gasteiger partial charge is 0.312 e. The number of hydrogen-bond acceptors (Lipinski definition) is 3. The van der Waals surface area contributed by atoms with E-state index >= 15 is 0 Å². The van der Waals surface area contributed by atoms with Crippen molar-refractivity contribution < 1.29 is 13.2 Å². The molecule has 2 aromatic rings. The summed E-state index contributed by atoms with van der Waals surface area (Å²) < 4.78 is 27.5. The summed E-state index contributed by atoms with van der Waals surface area (Å²) in [4.78, 5) is 13.7. The van der Waals surface area contributed by atoms with Crippen LogP contribution in [0.1, 0.15) is 19.3 Å². The van der Waals surface area contributed by atoms with Crippen LogP contribution in [0, 0.1) is 0 Å². The average Bonchev–Trinajstić information content (AvgIpc) is 2.59. The number of halogens is 2. The van der Waals surface area contributed by atoms with Gasteiger partial charge in [0, 0.05) is 18.7 Å². The van der Waals surface area contributed by atoms with Crippen LogP contribution in [0.4, 0.5) is 11.4 Å². The van der Waals surface area contributed by atoms with Crippen LogP contribution in [0.15, 0.2) is 47.4 Å². The van der Waals surface area contributed by atoms with Gasteiger partial charge in [-0.3, -0.25) is 9.52 Å². The molecule has 2 aromatic carbocycles. The van der Waals surface area contributed by atoms with Crippen molar-refractivity contribution in [2.75, 3.05) is 16.2 Å². The number of hydrogen-bond donors (Lipinski definition) is 1. The Balaban J connectivity index is 1.83. The molecule has 5 nitrogen and oxygen atoms in total. The zero-order valence-electron chi connectivity index (χ0n) is 13.2. The Kier molecular flexibility index (Phi) is 5.22. The minimum Gasteiger partial charge on any atom is -0.312 e. The number of piperidine rings is 1. The molecule has 0 spiro atoms. The highest BCUT2D eigenvalue weighted by molar-refractivity contribution is 7.92. The van der Waals surface area contributed by atoms with Gasteiger partial charge in [-0.05, 0) is 49.2 Å². The van der Waals surface area contributed by atoms with Crippen LogP contribution in [0.25, 0.3) is 0 Å². The summed E-state index contributed by atoms with van der Waals surface area (Å²) in [6.07, 6.45) is 2.36. The summed E-state index contributed by atoms with van der Waals surface area (Å²) in [6.45, 7) is 0.654. The Hall–Kier alpha value is -1.76. The lowest BCUT2D eigenvalue weighted by molar-refractivity contribution is -0.119. The van der Waals surface area contributed by atoms with Crippen molar-refractivity contribution in [3.05, 3.63) is 52.5 Å². The van der Waals surface area contributed by atoms with Crippen LogP contribution in [-0.4, -0.2) is 20.9 Å². The van der Waals surface area contributed by atoms with Crippen LogP contribution in [0.2, 0.25) is 10.0 Å². The van der Waals surface area contributed by atoms with E-state index in [2.05, 4.69) is 4.72 Å². The zero-order valence-corrected chi connectivity index (χ0v) is 15.5. The lowest BCUT2D eigenvalue weighted by Gasteiger charge is -2.26. The monoisotopic (exact) mass is 398 g/mol. The van der Waals surface area contributed by atoms with Crippen molar-refractivity contribution >= 4 is 50.5 Å². The number of carbonyl (C=O) groups excluding carboxylic acids is 1. The average molecular weight is 399 g/mol. The first-order valence-corrected chi connectivity index (χ1v) is 10.00. The van der Waals surface area contributed by atoms with Crippen molar-refractivity contribution in [3.63, 3.8) is 0 Å². The third kappa shape index (κ3) is 3.92. The molecule has 0 bridgehead atoms. The maximum absolute atomic E-state index is 12.5. The van der Waals surface area contributed by atoms with Gasteiger partial charge in [-0.2, -0.15) is 0 Å². The fraction of sp³-hybridized carbons (Fsp3) is 0.235. The molecule has 0 aromatic heterocycles. The molecule has 0 unspecified atom stereocenters. The van der Waals surface area contributed by atoms with Crippen molar-refractivity contribution in [3.8, 4) is 0 Å². The molecule has 0 saturated carbocycles. The highest BCUT2D eigenvalue weighted by atomic mass is 35.5. The fourth-order valence-corrected chi connectivity index (χ4v) is 4.15. The van der Waals surface area contributed by atoms with Crippen molar-refractivity contribution in [2.45, 2.75) is 24.2 Å². The summed E-state index contributed by atoms with van der Waals surface area (Å²) in [6, 6.07) is 10.9. The summed E-state index contributed by atoms with van der Waals surface area (Å²) in [7, 11) is -3.81. The summed E-state index contributed by atoms with van der Waals surface area (Å²) >= 11 is 11.9. The molecule has 0 aliphatic carbocycles. The second-order valence-corrected chi connectivity index (χ2v) is 8.17. The first kappa shape index (κ1) is 18.0. The van der Waals surface area contributed by atoms with E-state index in [1.54, 1.807) is 29.2 Å². The van der Waals surface area contributed by atoms with Gasteiger partial charge in [0.1, 0.15) is 0 Å². The van der Waals surface area contributed by atoms with E-state index in [-0.39, 0.29) is 26.5 Å². The van der Waals surface area contributed by atoms with Gasteiger partial charge in [0.05, 0.1) is 20.6 Å². The maximum Gasteiger partial charge on any atom is 0.261 e. The number of benzene rings is 2.